The number of hydrogen-bond acceptors (Lipinski definition) is 2. The minimum atomic E-state index is -0.560. The molecule has 0 heterocycles. The predicted molar refractivity (Wildman–Crippen MR) is 90.3 cm³/mol. The van der Waals surface area contributed by atoms with Crippen molar-refractivity contribution in [3.05, 3.63) is 60.2 Å². The number of para-hydroxylation sites is 2. The van der Waals surface area contributed by atoms with Crippen LogP contribution in [0.15, 0.2) is 54.6 Å². The minimum absolute atomic E-state index is 0.0343. The zero-order valence-electron chi connectivity index (χ0n) is 13.6. The van der Waals surface area contributed by atoms with E-state index in [1.54, 1.807) is 6.92 Å². The molecule has 0 saturated carbocycles. The summed E-state index contributed by atoms with van der Waals surface area (Å²) < 4.78 is 5.66. The fourth-order valence-electron chi connectivity index (χ4n) is 2.24. The molecule has 1 amide bonds. The largest absolute Gasteiger partial charge is 0.481 e. The third-order valence-electron chi connectivity index (χ3n) is 3.42. The van der Waals surface area contributed by atoms with Crippen molar-refractivity contribution in [2.75, 3.05) is 5.32 Å². The van der Waals surface area contributed by atoms with Crippen LogP contribution in [0.4, 0.5) is 5.69 Å². The van der Waals surface area contributed by atoms with Gasteiger partial charge in [-0.2, -0.15) is 0 Å². The topological polar surface area (TPSA) is 38.3 Å². The molecule has 3 nitrogen and oxygen atoms in total. The Morgan fingerprint density at radius 2 is 1.59 bits per heavy atom. The van der Waals surface area contributed by atoms with E-state index in [1.165, 1.54) is 0 Å². The van der Waals surface area contributed by atoms with Gasteiger partial charge in [-0.1, -0.05) is 57.2 Å². The first-order valence-corrected chi connectivity index (χ1v) is 7.50. The van der Waals surface area contributed by atoms with Crippen LogP contribution >= 0.6 is 0 Å². The lowest BCUT2D eigenvalue weighted by Gasteiger charge is -2.24. The molecule has 0 unspecified atom stereocenters. The van der Waals surface area contributed by atoms with E-state index in [4.69, 9.17) is 4.74 Å². The van der Waals surface area contributed by atoms with Gasteiger partial charge in [0, 0.05) is 5.69 Å². The highest BCUT2D eigenvalue weighted by atomic mass is 16.5. The van der Waals surface area contributed by atoms with E-state index in [9.17, 15) is 4.79 Å². The molecule has 0 fully saturated rings. The Hall–Kier alpha value is -2.29. The summed E-state index contributed by atoms with van der Waals surface area (Å²) in [6.45, 7) is 8.13. The van der Waals surface area contributed by atoms with Crippen molar-refractivity contribution in [2.24, 2.45) is 0 Å². The quantitative estimate of drug-likeness (QED) is 0.909. The molecule has 22 heavy (non-hydrogen) atoms. The highest BCUT2D eigenvalue weighted by Gasteiger charge is 2.21. The van der Waals surface area contributed by atoms with E-state index in [0.717, 1.165) is 11.3 Å². The summed E-state index contributed by atoms with van der Waals surface area (Å²) in [5.41, 5.74) is 1.91. The molecule has 2 rings (SSSR count). The van der Waals surface area contributed by atoms with Crippen LogP contribution in [0.25, 0.3) is 0 Å². The van der Waals surface area contributed by atoms with Crippen LogP contribution in [0.2, 0.25) is 0 Å². The lowest BCUT2D eigenvalue weighted by molar-refractivity contribution is -0.122. The molecule has 2 aromatic rings. The van der Waals surface area contributed by atoms with Gasteiger partial charge in [-0.15, -0.1) is 0 Å². The van der Waals surface area contributed by atoms with Crippen LogP contribution in [0.5, 0.6) is 5.75 Å². The molecule has 0 aliphatic carbocycles. The fraction of sp³-hybridized carbons (Fsp3) is 0.316. The van der Waals surface area contributed by atoms with Crippen LogP contribution in [0.1, 0.15) is 33.3 Å². The first-order chi connectivity index (χ1) is 10.4. The van der Waals surface area contributed by atoms with Crippen molar-refractivity contribution in [2.45, 2.75) is 39.2 Å². The standard InChI is InChI=1S/C19H23NO2/c1-14(22-15-10-6-5-7-11-15)18(21)20-17-13-9-8-12-16(17)19(2,3)4/h5-14H,1-4H3,(H,20,21)/t14-/m1/s1. The summed E-state index contributed by atoms with van der Waals surface area (Å²) in [4.78, 5) is 12.4. The molecule has 1 N–H and O–H groups in total. The van der Waals surface area contributed by atoms with Gasteiger partial charge in [0.15, 0.2) is 6.10 Å². The number of ether oxygens (including phenoxy) is 1. The number of rotatable bonds is 4. The summed E-state index contributed by atoms with van der Waals surface area (Å²) >= 11 is 0. The summed E-state index contributed by atoms with van der Waals surface area (Å²) in [5.74, 6) is 0.537. The third-order valence-corrected chi connectivity index (χ3v) is 3.42. The Morgan fingerprint density at radius 1 is 1.00 bits per heavy atom. The monoisotopic (exact) mass is 297 g/mol. The van der Waals surface area contributed by atoms with Crippen molar-refractivity contribution in [3.8, 4) is 5.75 Å². The van der Waals surface area contributed by atoms with Crippen molar-refractivity contribution in [1.82, 2.24) is 0 Å². The maximum Gasteiger partial charge on any atom is 0.265 e. The average molecular weight is 297 g/mol. The molecule has 1 atom stereocenters. The molecular formula is C19H23NO2. The van der Waals surface area contributed by atoms with Crippen molar-refractivity contribution in [1.29, 1.82) is 0 Å². The second-order valence-electron chi connectivity index (χ2n) is 6.36. The van der Waals surface area contributed by atoms with E-state index in [-0.39, 0.29) is 11.3 Å². The zero-order valence-corrected chi connectivity index (χ0v) is 13.6. The summed E-state index contributed by atoms with van der Waals surface area (Å²) in [6.07, 6.45) is -0.560. The molecular weight excluding hydrogens is 274 g/mol. The Bertz CT molecular complexity index is 629. The third kappa shape index (κ3) is 4.10. The molecule has 0 saturated heterocycles. The molecule has 0 bridgehead atoms. The number of carbonyl (C=O) groups is 1. The maximum absolute atomic E-state index is 12.4. The number of benzene rings is 2. The first kappa shape index (κ1) is 16.1. The second-order valence-corrected chi connectivity index (χ2v) is 6.36. The van der Waals surface area contributed by atoms with Crippen LogP contribution in [-0.2, 0) is 10.2 Å². The minimum Gasteiger partial charge on any atom is -0.481 e. The zero-order chi connectivity index (χ0) is 16.2. The molecule has 3 heteroatoms. The SMILES string of the molecule is C[C@@H](Oc1ccccc1)C(=O)Nc1ccccc1C(C)(C)C. The van der Waals surface area contributed by atoms with Crippen molar-refractivity contribution in [3.63, 3.8) is 0 Å². The molecule has 0 aromatic heterocycles. The normalized spacial score (nSPS) is 12.5. The van der Waals surface area contributed by atoms with Gasteiger partial charge in [0.25, 0.3) is 5.91 Å². The Kier molecular flexibility index (Phi) is 4.86. The summed E-state index contributed by atoms with van der Waals surface area (Å²) in [5, 5.41) is 2.97. The number of nitrogens with one attached hydrogen (secondary N) is 1. The summed E-state index contributed by atoms with van der Waals surface area (Å²) in [7, 11) is 0. The lowest BCUT2D eigenvalue weighted by Crippen LogP contribution is -2.31. The van der Waals surface area contributed by atoms with Crippen molar-refractivity contribution < 1.29 is 9.53 Å². The second kappa shape index (κ2) is 6.65. The van der Waals surface area contributed by atoms with Gasteiger partial charge in [0.1, 0.15) is 5.75 Å². The number of carbonyl (C=O) groups excluding carboxylic acids is 1. The van der Waals surface area contributed by atoms with E-state index < -0.39 is 6.10 Å². The highest BCUT2D eigenvalue weighted by Crippen LogP contribution is 2.29. The molecule has 0 aliphatic heterocycles. The molecule has 0 spiro atoms. The average Bonchev–Trinajstić information content (AvgIpc) is 2.47. The van der Waals surface area contributed by atoms with Gasteiger partial charge in [0.05, 0.1) is 0 Å². The van der Waals surface area contributed by atoms with Gasteiger partial charge in [-0.3, -0.25) is 4.79 Å². The van der Waals surface area contributed by atoms with Crippen LogP contribution in [-0.4, -0.2) is 12.0 Å². The molecule has 116 valence electrons. The number of amides is 1. The molecule has 0 radical (unpaired) electrons. The molecule has 0 aliphatic rings. The predicted octanol–water partition coefficient (Wildman–Crippen LogP) is 4.39. The fourth-order valence-corrected chi connectivity index (χ4v) is 2.24. The first-order valence-electron chi connectivity index (χ1n) is 7.50. The van der Waals surface area contributed by atoms with Gasteiger partial charge >= 0.3 is 0 Å². The number of hydrogen-bond donors (Lipinski definition) is 1. The molecule has 2 aromatic carbocycles. The van der Waals surface area contributed by atoms with E-state index in [1.807, 2.05) is 54.6 Å². The maximum atomic E-state index is 12.4. The van der Waals surface area contributed by atoms with E-state index in [2.05, 4.69) is 26.1 Å². The highest BCUT2D eigenvalue weighted by molar-refractivity contribution is 5.95. The van der Waals surface area contributed by atoms with Crippen molar-refractivity contribution >= 4 is 11.6 Å². The van der Waals surface area contributed by atoms with Crippen LogP contribution < -0.4 is 10.1 Å². The van der Waals surface area contributed by atoms with Gasteiger partial charge in [-0.05, 0) is 36.1 Å². The van der Waals surface area contributed by atoms with Crippen LogP contribution in [0, 0.1) is 0 Å². The summed E-state index contributed by atoms with van der Waals surface area (Å²) in [6, 6.07) is 17.2. The smallest absolute Gasteiger partial charge is 0.265 e. The van der Waals surface area contributed by atoms with Gasteiger partial charge < -0.3 is 10.1 Å². The van der Waals surface area contributed by atoms with Gasteiger partial charge in [0.2, 0.25) is 0 Å². The van der Waals surface area contributed by atoms with Crippen LogP contribution in [0.3, 0.4) is 0 Å². The number of anilines is 1. The Morgan fingerprint density at radius 3 is 2.23 bits per heavy atom. The van der Waals surface area contributed by atoms with E-state index >= 15 is 0 Å². The lowest BCUT2D eigenvalue weighted by atomic mass is 9.86. The Balaban J connectivity index is 2.09. The Labute approximate surface area is 132 Å². The van der Waals surface area contributed by atoms with Gasteiger partial charge in [-0.25, -0.2) is 0 Å². The van der Waals surface area contributed by atoms with E-state index in [0.29, 0.717) is 5.75 Å².